The topological polar surface area (TPSA) is 37.7 Å². The molecule has 1 amide bonds. The number of hydrogen-bond acceptors (Lipinski definition) is 3. The summed E-state index contributed by atoms with van der Waals surface area (Å²) in [6.07, 6.45) is 5.91. The number of rotatable bonds is 7. The second-order valence-corrected chi connectivity index (χ2v) is 7.28. The van der Waals surface area contributed by atoms with Crippen LogP contribution in [0.2, 0.25) is 0 Å². The molecule has 2 aliphatic rings. The maximum atomic E-state index is 12.1. The fraction of sp³-hybridized carbons (Fsp3) is 0.722. The molecule has 0 spiro atoms. The van der Waals surface area contributed by atoms with Gasteiger partial charge in [-0.15, -0.1) is 0 Å². The van der Waals surface area contributed by atoms with E-state index in [0.717, 1.165) is 45.2 Å². The zero-order chi connectivity index (χ0) is 16.2. The van der Waals surface area contributed by atoms with Crippen molar-refractivity contribution in [1.82, 2.24) is 14.4 Å². The maximum absolute atomic E-state index is 12.1. The fourth-order valence-electron chi connectivity index (χ4n) is 3.19. The summed E-state index contributed by atoms with van der Waals surface area (Å²) < 4.78 is 8.16. The molecule has 2 heterocycles. The third-order valence-corrected chi connectivity index (χ3v) is 4.86. The van der Waals surface area contributed by atoms with Gasteiger partial charge < -0.3 is 14.2 Å². The first-order valence-corrected chi connectivity index (χ1v) is 8.76. The fourth-order valence-corrected chi connectivity index (χ4v) is 3.19. The van der Waals surface area contributed by atoms with Crippen LogP contribution in [0.25, 0.3) is 0 Å². The summed E-state index contributed by atoms with van der Waals surface area (Å²) in [7, 11) is 3.65. The molecule has 5 heteroatoms. The van der Waals surface area contributed by atoms with Crippen LogP contribution in [0.3, 0.4) is 0 Å². The van der Waals surface area contributed by atoms with Crippen LogP contribution in [0.5, 0.6) is 0 Å². The lowest BCUT2D eigenvalue weighted by atomic mass is 10.1. The first kappa shape index (κ1) is 16.5. The summed E-state index contributed by atoms with van der Waals surface area (Å²) in [5, 5.41) is 0. The van der Waals surface area contributed by atoms with Gasteiger partial charge in [0, 0.05) is 58.8 Å². The van der Waals surface area contributed by atoms with E-state index in [2.05, 4.69) is 27.8 Å². The lowest BCUT2D eigenvalue weighted by molar-refractivity contribution is -0.130. The lowest BCUT2D eigenvalue weighted by Crippen LogP contribution is -2.38. The number of aromatic nitrogens is 1. The zero-order valence-electron chi connectivity index (χ0n) is 14.4. The minimum Gasteiger partial charge on any atom is -0.381 e. The van der Waals surface area contributed by atoms with E-state index in [1.54, 1.807) is 4.90 Å². The van der Waals surface area contributed by atoms with E-state index in [9.17, 15) is 4.79 Å². The maximum Gasteiger partial charge on any atom is 0.236 e. The van der Waals surface area contributed by atoms with Gasteiger partial charge in [0.25, 0.3) is 0 Å². The monoisotopic (exact) mass is 319 g/mol. The van der Waals surface area contributed by atoms with Crippen molar-refractivity contribution >= 4 is 5.91 Å². The highest BCUT2D eigenvalue weighted by Crippen LogP contribution is 2.29. The first-order valence-electron chi connectivity index (χ1n) is 8.76. The van der Waals surface area contributed by atoms with Crippen LogP contribution in [-0.2, 0) is 22.6 Å². The molecule has 0 saturated heterocycles. The predicted molar refractivity (Wildman–Crippen MR) is 90.1 cm³/mol. The predicted octanol–water partition coefficient (Wildman–Crippen LogP) is 1.82. The second kappa shape index (κ2) is 7.49. The average Bonchev–Trinajstić information content (AvgIpc) is 3.27. The molecule has 1 saturated carbocycles. The molecule has 1 aliphatic heterocycles. The van der Waals surface area contributed by atoms with E-state index in [0.29, 0.717) is 12.5 Å². The van der Waals surface area contributed by atoms with Crippen molar-refractivity contribution in [3.63, 3.8) is 0 Å². The van der Waals surface area contributed by atoms with Gasteiger partial charge in [-0.3, -0.25) is 9.69 Å². The summed E-state index contributed by atoms with van der Waals surface area (Å²) in [4.78, 5) is 16.0. The van der Waals surface area contributed by atoms with Gasteiger partial charge in [0.15, 0.2) is 0 Å². The van der Waals surface area contributed by atoms with Crippen LogP contribution in [0.15, 0.2) is 18.3 Å². The van der Waals surface area contributed by atoms with Crippen LogP contribution < -0.4 is 0 Å². The standard InChI is InChI=1S/C18H29N3O2/c1-19(2)18(22)13-20-10-16(7-9-23-14-15-5-6-15)11-21-8-3-4-17(21)12-20/h3-4,8,15-16H,5-7,9-14H2,1-2H3/t16-/m1/s1. The van der Waals surface area contributed by atoms with Gasteiger partial charge in [0.05, 0.1) is 6.54 Å². The van der Waals surface area contributed by atoms with Gasteiger partial charge >= 0.3 is 0 Å². The Kier molecular flexibility index (Phi) is 5.38. The van der Waals surface area contributed by atoms with Gasteiger partial charge in [0.1, 0.15) is 0 Å². The van der Waals surface area contributed by atoms with Crippen molar-refractivity contribution in [3.8, 4) is 0 Å². The Morgan fingerprint density at radius 3 is 2.87 bits per heavy atom. The van der Waals surface area contributed by atoms with E-state index < -0.39 is 0 Å². The van der Waals surface area contributed by atoms with Crippen molar-refractivity contribution in [3.05, 3.63) is 24.0 Å². The summed E-state index contributed by atoms with van der Waals surface area (Å²) in [5.41, 5.74) is 1.30. The van der Waals surface area contributed by atoms with E-state index in [4.69, 9.17) is 4.74 Å². The van der Waals surface area contributed by atoms with Crippen LogP contribution in [0.1, 0.15) is 25.0 Å². The van der Waals surface area contributed by atoms with Gasteiger partial charge in [-0.1, -0.05) is 0 Å². The summed E-state index contributed by atoms with van der Waals surface area (Å²) in [5.74, 6) is 1.54. The van der Waals surface area contributed by atoms with Crippen LogP contribution in [0.4, 0.5) is 0 Å². The smallest absolute Gasteiger partial charge is 0.236 e. The molecular formula is C18H29N3O2. The number of amides is 1. The van der Waals surface area contributed by atoms with Crippen LogP contribution >= 0.6 is 0 Å². The molecule has 0 aromatic carbocycles. The molecule has 5 nitrogen and oxygen atoms in total. The molecule has 0 bridgehead atoms. The zero-order valence-corrected chi connectivity index (χ0v) is 14.4. The van der Waals surface area contributed by atoms with Crippen LogP contribution in [-0.4, -0.2) is 60.7 Å². The number of hydrogen-bond donors (Lipinski definition) is 0. The summed E-state index contributed by atoms with van der Waals surface area (Å²) >= 11 is 0. The Bertz CT molecular complexity index is 522. The van der Waals surface area contributed by atoms with E-state index in [1.165, 1.54) is 18.5 Å². The van der Waals surface area contributed by atoms with E-state index in [-0.39, 0.29) is 5.91 Å². The minimum absolute atomic E-state index is 0.175. The van der Waals surface area contributed by atoms with Crippen molar-refractivity contribution < 1.29 is 9.53 Å². The molecule has 1 atom stereocenters. The molecule has 1 aromatic rings. The minimum atomic E-state index is 0.175. The number of ether oxygens (including phenoxy) is 1. The van der Waals surface area contributed by atoms with E-state index in [1.807, 2.05) is 14.1 Å². The molecule has 1 fully saturated rings. The first-order chi connectivity index (χ1) is 11.1. The Morgan fingerprint density at radius 2 is 2.13 bits per heavy atom. The number of likely N-dealkylation sites (N-methyl/N-ethyl adjacent to an activating group) is 1. The number of nitrogens with zero attached hydrogens (tertiary/aromatic N) is 3. The molecule has 3 rings (SSSR count). The third kappa shape index (κ3) is 4.82. The molecule has 0 unspecified atom stereocenters. The van der Waals surface area contributed by atoms with E-state index >= 15 is 0 Å². The van der Waals surface area contributed by atoms with Gasteiger partial charge in [-0.2, -0.15) is 0 Å². The highest BCUT2D eigenvalue weighted by Gasteiger charge is 2.24. The van der Waals surface area contributed by atoms with Gasteiger partial charge in [0.2, 0.25) is 5.91 Å². The molecule has 128 valence electrons. The Hall–Kier alpha value is -1.33. The quantitative estimate of drug-likeness (QED) is 0.720. The number of carbonyl (C=O) groups excluding carboxylic acids is 1. The van der Waals surface area contributed by atoms with Gasteiger partial charge in [-0.25, -0.2) is 0 Å². The molecule has 23 heavy (non-hydrogen) atoms. The van der Waals surface area contributed by atoms with Crippen LogP contribution in [0, 0.1) is 11.8 Å². The molecule has 1 aromatic heterocycles. The largest absolute Gasteiger partial charge is 0.381 e. The lowest BCUT2D eigenvalue weighted by Gasteiger charge is -2.24. The Labute approximate surface area is 139 Å². The van der Waals surface area contributed by atoms with Crippen molar-refractivity contribution in [2.75, 3.05) is 40.4 Å². The summed E-state index contributed by atoms with van der Waals surface area (Å²) in [6, 6.07) is 4.27. The second-order valence-electron chi connectivity index (χ2n) is 7.28. The van der Waals surface area contributed by atoms with Crippen molar-refractivity contribution in [2.45, 2.75) is 32.4 Å². The molecule has 1 aliphatic carbocycles. The SMILES string of the molecule is CN(C)C(=O)CN1Cc2cccn2C[C@H](CCOCC2CC2)C1. The number of carbonyl (C=O) groups is 1. The highest BCUT2D eigenvalue weighted by atomic mass is 16.5. The molecule has 0 radical (unpaired) electrons. The Balaban J connectivity index is 1.56. The van der Waals surface area contributed by atoms with Crippen molar-refractivity contribution in [1.29, 1.82) is 0 Å². The third-order valence-electron chi connectivity index (χ3n) is 4.86. The van der Waals surface area contributed by atoms with Gasteiger partial charge in [-0.05, 0) is 43.2 Å². The molecular weight excluding hydrogens is 290 g/mol. The number of fused-ring (bicyclic) bond motifs is 1. The highest BCUT2D eigenvalue weighted by molar-refractivity contribution is 5.77. The normalized spacial score (nSPS) is 21.7. The van der Waals surface area contributed by atoms with Crippen molar-refractivity contribution in [2.24, 2.45) is 11.8 Å². The summed E-state index contributed by atoms with van der Waals surface area (Å²) in [6.45, 7) is 5.12. The average molecular weight is 319 g/mol. The Morgan fingerprint density at radius 1 is 1.30 bits per heavy atom. The molecule has 0 N–H and O–H groups in total.